The molecule has 0 atom stereocenters. The molecule has 0 heterocycles. The van der Waals surface area contributed by atoms with Crippen LogP contribution in [0.5, 0.6) is 0 Å². The lowest BCUT2D eigenvalue weighted by Crippen LogP contribution is -1.99. The van der Waals surface area contributed by atoms with Crippen LogP contribution in [0.4, 0.5) is 0 Å². The molecule has 0 radical (unpaired) electrons. The Bertz CT molecular complexity index is 525. The molecule has 0 spiro atoms. The predicted molar refractivity (Wildman–Crippen MR) is 84.2 cm³/mol. The maximum absolute atomic E-state index is 12.0. The highest BCUT2D eigenvalue weighted by Gasteiger charge is 2.05. The van der Waals surface area contributed by atoms with Gasteiger partial charge in [-0.1, -0.05) is 74.4 Å². The molecule has 0 bridgehead atoms. The number of rotatable bonds is 7. The average molecular weight is 266 g/mol. The summed E-state index contributed by atoms with van der Waals surface area (Å²) in [6.45, 7) is 2.16. The number of unbranched alkanes of at least 4 members (excludes halogenated alkanes) is 2. The first-order valence-corrected chi connectivity index (χ1v) is 7.45. The van der Waals surface area contributed by atoms with E-state index in [-0.39, 0.29) is 5.78 Å². The molecule has 2 aromatic rings. The summed E-state index contributed by atoms with van der Waals surface area (Å²) in [6.07, 6.45) is 4.89. The molecule has 0 fully saturated rings. The molecule has 0 saturated heterocycles. The molecule has 0 aliphatic rings. The lowest BCUT2D eigenvalue weighted by atomic mass is 10.0. The van der Waals surface area contributed by atoms with E-state index in [1.807, 2.05) is 18.2 Å². The molecular formula is C19H22O. The van der Waals surface area contributed by atoms with E-state index in [9.17, 15) is 4.79 Å². The molecule has 2 aromatic carbocycles. The van der Waals surface area contributed by atoms with Crippen LogP contribution in [0.15, 0.2) is 54.6 Å². The summed E-state index contributed by atoms with van der Waals surface area (Å²) >= 11 is 0. The lowest BCUT2D eigenvalue weighted by Gasteiger charge is -2.04. The monoisotopic (exact) mass is 266 g/mol. The van der Waals surface area contributed by atoms with Crippen LogP contribution in [-0.4, -0.2) is 5.78 Å². The minimum atomic E-state index is 0.268. The second-order valence-corrected chi connectivity index (χ2v) is 5.24. The number of ketones is 1. The van der Waals surface area contributed by atoms with Crippen LogP contribution in [0, 0.1) is 0 Å². The summed E-state index contributed by atoms with van der Waals surface area (Å²) in [4.78, 5) is 12.0. The van der Waals surface area contributed by atoms with Crippen molar-refractivity contribution >= 4 is 5.78 Å². The van der Waals surface area contributed by atoms with Crippen molar-refractivity contribution in [2.75, 3.05) is 0 Å². The zero-order valence-corrected chi connectivity index (χ0v) is 12.1. The standard InChI is InChI=1S/C19H22O/c1-2-3-5-10-19(20)18-13-11-17(12-14-18)15-16-8-6-4-7-9-16/h4,6-9,11-14H,2-3,5,10,15H2,1H3. The van der Waals surface area contributed by atoms with Gasteiger partial charge in [0.15, 0.2) is 5.78 Å². The first-order chi connectivity index (χ1) is 9.79. The van der Waals surface area contributed by atoms with E-state index >= 15 is 0 Å². The fourth-order valence-corrected chi connectivity index (χ4v) is 2.32. The molecule has 0 aromatic heterocycles. The van der Waals surface area contributed by atoms with Crippen molar-refractivity contribution in [2.24, 2.45) is 0 Å². The van der Waals surface area contributed by atoms with Crippen molar-refractivity contribution in [3.8, 4) is 0 Å². The van der Waals surface area contributed by atoms with Gasteiger partial charge in [-0.3, -0.25) is 4.79 Å². The van der Waals surface area contributed by atoms with Gasteiger partial charge in [-0.05, 0) is 24.0 Å². The van der Waals surface area contributed by atoms with E-state index in [0.717, 1.165) is 31.2 Å². The van der Waals surface area contributed by atoms with E-state index in [1.165, 1.54) is 11.1 Å². The van der Waals surface area contributed by atoms with Crippen molar-refractivity contribution in [3.63, 3.8) is 0 Å². The quantitative estimate of drug-likeness (QED) is 0.507. The molecule has 0 unspecified atom stereocenters. The number of hydrogen-bond acceptors (Lipinski definition) is 1. The van der Waals surface area contributed by atoms with Gasteiger partial charge in [0.2, 0.25) is 0 Å². The highest BCUT2D eigenvalue weighted by molar-refractivity contribution is 5.96. The molecule has 0 aliphatic heterocycles. The van der Waals surface area contributed by atoms with E-state index in [1.54, 1.807) is 0 Å². The van der Waals surface area contributed by atoms with Gasteiger partial charge in [-0.15, -0.1) is 0 Å². The van der Waals surface area contributed by atoms with Crippen LogP contribution in [-0.2, 0) is 6.42 Å². The number of benzene rings is 2. The molecule has 2 rings (SSSR count). The van der Waals surface area contributed by atoms with Crippen LogP contribution in [0.1, 0.15) is 54.1 Å². The molecule has 1 nitrogen and oxygen atoms in total. The van der Waals surface area contributed by atoms with E-state index in [2.05, 4.69) is 43.3 Å². The summed E-state index contributed by atoms with van der Waals surface area (Å²) in [5.74, 6) is 0.268. The summed E-state index contributed by atoms with van der Waals surface area (Å²) in [5.41, 5.74) is 3.40. The van der Waals surface area contributed by atoms with Gasteiger partial charge < -0.3 is 0 Å². The topological polar surface area (TPSA) is 17.1 Å². The SMILES string of the molecule is CCCCCC(=O)c1ccc(Cc2ccccc2)cc1. The van der Waals surface area contributed by atoms with Gasteiger partial charge in [0.1, 0.15) is 0 Å². The Morgan fingerprint density at radius 1 is 0.850 bits per heavy atom. The molecule has 0 aliphatic carbocycles. The van der Waals surface area contributed by atoms with Gasteiger partial charge in [-0.25, -0.2) is 0 Å². The normalized spacial score (nSPS) is 10.4. The van der Waals surface area contributed by atoms with Crippen molar-refractivity contribution in [1.82, 2.24) is 0 Å². The molecule has 0 saturated carbocycles. The summed E-state index contributed by atoms with van der Waals surface area (Å²) < 4.78 is 0. The molecule has 20 heavy (non-hydrogen) atoms. The Balaban J connectivity index is 1.94. The van der Waals surface area contributed by atoms with Crippen LogP contribution in [0.25, 0.3) is 0 Å². The van der Waals surface area contributed by atoms with E-state index in [4.69, 9.17) is 0 Å². The van der Waals surface area contributed by atoms with Crippen LogP contribution in [0.3, 0.4) is 0 Å². The summed E-state index contributed by atoms with van der Waals surface area (Å²) in [7, 11) is 0. The Kier molecular flexibility index (Phi) is 5.55. The lowest BCUT2D eigenvalue weighted by molar-refractivity contribution is 0.0979. The minimum Gasteiger partial charge on any atom is -0.294 e. The highest BCUT2D eigenvalue weighted by Crippen LogP contribution is 2.13. The number of Topliss-reactive ketones (excluding diaryl/α,β-unsaturated/α-hetero) is 1. The summed E-state index contributed by atoms with van der Waals surface area (Å²) in [5, 5.41) is 0. The average Bonchev–Trinajstić information content (AvgIpc) is 2.49. The third-order valence-corrected chi connectivity index (χ3v) is 3.53. The predicted octanol–water partition coefficient (Wildman–Crippen LogP) is 5.04. The van der Waals surface area contributed by atoms with Gasteiger partial charge >= 0.3 is 0 Å². The Morgan fingerprint density at radius 3 is 2.15 bits per heavy atom. The van der Waals surface area contributed by atoms with Gasteiger partial charge in [0.05, 0.1) is 0 Å². The Morgan fingerprint density at radius 2 is 1.50 bits per heavy atom. The van der Waals surface area contributed by atoms with Crippen LogP contribution < -0.4 is 0 Å². The maximum atomic E-state index is 12.0. The second kappa shape index (κ2) is 7.64. The van der Waals surface area contributed by atoms with Crippen molar-refractivity contribution in [3.05, 3.63) is 71.3 Å². The highest BCUT2D eigenvalue weighted by atomic mass is 16.1. The number of carbonyl (C=O) groups is 1. The largest absolute Gasteiger partial charge is 0.294 e. The van der Waals surface area contributed by atoms with Crippen molar-refractivity contribution < 1.29 is 4.79 Å². The van der Waals surface area contributed by atoms with Crippen LogP contribution in [0.2, 0.25) is 0 Å². The van der Waals surface area contributed by atoms with Gasteiger partial charge in [0.25, 0.3) is 0 Å². The number of hydrogen-bond donors (Lipinski definition) is 0. The molecule has 0 amide bonds. The first-order valence-electron chi connectivity index (χ1n) is 7.45. The first kappa shape index (κ1) is 14.5. The van der Waals surface area contributed by atoms with Crippen LogP contribution >= 0.6 is 0 Å². The molecular weight excluding hydrogens is 244 g/mol. The third-order valence-electron chi connectivity index (χ3n) is 3.53. The van der Waals surface area contributed by atoms with E-state index < -0.39 is 0 Å². The van der Waals surface area contributed by atoms with Gasteiger partial charge in [0, 0.05) is 12.0 Å². The molecule has 1 heteroatoms. The fraction of sp³-hybridized carbons (Fsp3) is 0.316. The zero-order valence-electron chi connectivity index (χ0n) is 12.1. The van der Waals surface area contributed by atoms with E-state index in [0.29, 0.717) is 6.42 Å². The Hall–Kier alpha value is -1.89. The number of carbonyl (C=O) groups excluding carboxylic acids is 1. The van der Waals surface area contributed by atoms with Crippen molar-refractivity contribution in [2.45, 2.75) is 39.0 Å². The van der Waals surface area contributed by atoms with Gasteiger partial charge in [-0.2, -0.15) is 0 Å². The summed E-state index contributed by atoms with van der Waals surface area (Å²) in [6, 6.07) is 18.5. The molecule has 104 valence electrons. The smallest absolute Gasteiger partial charge is 0.162 e. The third kappa shape index (κ3) is 4.34. The minimum absolute atomic E-state index is 0.268. The Labute approximate surface area is 121 Å². The van der Waals surface area contributed by atoms with Crippen molar-refractivity contribution in [1.29, 1.82) is 0 Å². The second-order valence-electron chi connectivity index (χ2n) is 5.24. The zero-order chi connectivity index (χ0) is 14.2. The maximum Gasteiger partial charge on any atom is 0.162 e. The fourth-order valence-electron chi connectivity index (χ4n) is 2.32. The molecule has 0 N–H and O–H groups in total.